The molecule has 5 nitrogen and oxygen atoms in total. The van der Waals surface area contributed by atoms with Gasteiger partial charge in [-0.3, -0.25) is 0 Å². The molecule has 0 radical (unpaired) electrons. The van der Waals surface area contributed by atoms with Crippen LogP contribution in [0.2, 0.25) is 0 Å². The largest absolute Gasteiger partial charge is 0.497 e. The standard InChI is InChI=1S/C21H27N2O3/c1-4-8-21-22(2)19-11-5-6-12-20(19)23(21)14-16(24)15-26-18-10-7-9-17(13-18)25-3/h5-7,9-13,16,24H,4,8,14-15H2,1-3H3/q+1. The van der Waals surface area contributed by atoms with Crippen molar-refractivity contribution in [1.29, 1.82) is 0 Å². The molecule has 0 aliphatic carbocycles. The topological polar surface area (TPSA) is 47.5 Å². The quantitative estimate of drug-likeness (QED) is 0.632. The van der Waals surface area contributed by atoms with Gasteiger partial charge in [0.2, 0.25) is 0 Å². The number of aliphatic hydroxyl groups excluding tert-OH is 1. The molecular weight excluding hydrogens is 328 g/mol. The summed E-state index contributed by atoms with van der Waals surface area (Å²) in [6.07, 6.45) is 1.42. The van der Waals surface area contributed by atoms with E-state index in [0.29, 0.717) is 12.3 Å². The van der Waals surface area contributed by atoms with Gasteiger partial charge in [-0.05, 0) is 30.7 Å². The van der Waals surface area contributed by atoms with Crippen molar-refractivity contribution in [3.8, 4) is 11.5 Å². The molecular formula is C21H27N2O3+. The number of para-hydroxylation sites is 2. The summed E-state index contributed by atoms with van der Waals surface area (Å²) < 4.78 is 15.4. The van der Waals surface area contributed by atoms with Gasteiger partial charge >= 0.3 is 0 Å². The second-order valence-electron chi connectivity index (χ2n) is 6.47. The van der Waals surface area contributed by atoms with Crippen molar-refractivity contribution in [3.63, 3.8) is 0 Å². The summed E-state index contributed by atoms with van der Waals surface area (Å²) in [6, 6.07) is 15.7. The number of benzene rings is 2. The van der Waals surface area contributed by atoms with Crippen LogP contribution in [0.1, 0.15) is 19.2 Å². The predicted molar refractivity (Wildman–Crippen MR) is 102 cm³/mol. The fourth-order valence-corrected chi connectivity index (χ4v) is 3.31. The highest BCUT2D eigenvalue weighted by Gasteiger charge is 2.23. The van der Waals surface area contributed by atoms with E-state index in [-0.39, 0.29) is 6.61 Å². The van der Waals surface area contributed by atoms with Crippen molar-refractivity contribution in [2.75, 3.05) is 13.7 Å². The van der Waals surface area contributed by atoms with E-state index < -0.39 is 6.10 Å². The zero-order valence-electron chi connectivity index (χ0n) is 15.7. The maximum atomic E-state index is 10.6. The maximum absolute atomic E-state index is 10.6. The Hall–Kier alpha value is -2.53. The summed E-state index contributed by atoms with van der Waals surface area (Å²) in [4.78, 5) is 0. The third-order valence-corrected chi connectivity index (χ3v) is 4.58. The second-order valence-corrected chi connectivity index (χ2v) is 6.47. The molecule has 1 heterocycles. The summed E-state index contributed by atoms with van der Waals surface area (Å²) in [6.45, 7) is 2.90. The average molecular weight is 355 g/mol. The first-order valence-corrected chi connectivity index (χ1v) is 9.05. The average Bonchev–Trinajstić information content (AvgIpc) is 2.93. The number of hydrogen-bond donors (Lipinski definition) is 1. The van der Waals surface area contributed by atoms with Crippen molar-refractivity contribution < 1.29 is 19.1 Å². The number of aromatic nitrogens is 2. The minimum atomic E-state index is -0.604. The van der Waals surface area contributed by atoms with Crippen LogP contribution in [0.25, 0.3) is 11.0 Å². The van der Waals surface area contributed by atoms with E-state index in [0.717, 1.165) is 24.1 Å². The molecule has 5 heteroatoms. The van der Waals surface area contributed by atoms with Gasteiger partial charge in [0, 0.05) is 12.5 Å². The molecule has 1 atom stereocenters. The first-order valence-electron chi connectivity index (χ1n) is 9.05. The predicted octanol–water partition coefficient (Wildman–Crippen LogP) is 2.87. The van der Waals surface area contributed by atoms with Crippen molar-refractivity contribution >= 4 is 11.0 Å². The van der Waals surface area contributed by atoms with Gasteiger partial charge in [-0.15, -0.1) is 0 Å². The lowest BCUT2D eigenvalue weighted by molar-refractivity contribution is -0.654. The Labute approximate surface area is 154 Å². The minimum absolute atomic E-state index is 0.231. The van der Waals surface area contributed by atoms with Crippen LogP contribution in [0.4, 0.5) is 0 Å². The highest BCUT2D eigenvalue weighted by molar-refractivity contribution is 5.72. The molecule has 1 N–H and O–H groups in total. The molecule has 0 aliphatic heterocycles. The highest BCUT2D eigenvalue weighted by atomic mass is 16.5. The van der Waals surface area contributed by atoms with E-state index in [9.17, 15) is 5.11 Å². The number of methoxy groups -OCH3 is 1. The molecule has 3 rings (SSSR count). The number of aryl methyl sites for hydroxylation is 1. The number of hydrogen-bond acceptors (Lipinski definition) is 3. The van der Waals surface area contributed by atoms with Gasteiger partial charge in [-0.25, -0.2) is 9.13 Å². The van der Waals surface area contributed by atoms with Crippen LogP contribution in [0.5, 0.6) is 11.5 Å². The van der Waals surface area contributed by atoms with Crippen molar-refractivity contribution in [1.82, 2.24) is 4.57 Å². The fourth-order valence-electron chi connectivity index (χ4n) is 3.31. The van der Waals surface area contributed by atoms with Gasteiger partial charge in [0.25, 0.3) is 5.82 Å². The molecule has 0 saturated heterocycles. The normalized spacial score (nSPS) is 12.3. The third kappa shape index (κ3) is 3.83. The van der Waals surface area contributed by atoms with Gasteiger partial charge in [0.1, 0.15) is 30.8 Å². The third-order valence-electron chi connectivity index (χ3n) is 4.58. The Morgan fingerprint density at radius 3 is 2.65 bits per heavy atom. The van der Waals surface area contributed by atoms with E-state index >= 15 is 0 Å². The molecule has 3 aromatic rings. The Kier molecular flexibility index (Phi) is 5.78. The molecule has 0 amide bonds. The minimum Gasteiger partial charge on any atom is -0.497 e. The lowest BCUT2D eigenvalue weighted by Gasteiger charge is -2.12. The molecule has 0 bridgehead atoms. The molecule has 1 unspecified atom stereocenters. The van der Waals surface area contributed by atoms with E-state index in [1.165, 1.54) is 11.3 Å². The van der Waals surface area contributed by atoms with Gasteiger partial charge in [-0.1, -0.05) is 25.1 Å². The zero-order valence-corrected chi connectivity index (χ0v) is 15.7. The lowest BCUT2D eigenvalue weighted by atomic mass is 10.3. The zero-order chi connectivity index (χ0) is 18.5. The van der Waals surface area contributed by atoms with Crippen LogP contribution < -0.4 is 14.0 Å². The van der Waals surface area contributed by atoms with E-state index in [2.05, 4.69) is 35.2 Å². The summed E-state index contributed by atoms with van der Waals surface area (Å²) >= 11 is 0. The summed E-state index contributed by atoms with van der Waals surface area (Å²) in [5.74, 6) is 2.65. The molecule has 0 saturated carbocycles. The number of imidazole rings is 1. The Balaban J connectivity index is 1.76. The van der Waals surface area contributed by atoms with E-state index in [1.54, 1.807) is 7.11 Å². The van der Waals surface area contributed by atoms with Crippen LogP contribution in [0.3, 0.4) is 0 Å². The number of nitrogens with zero attached hydrogens (tertiary/aromatic N) is 2. The number of fused-ring (bicyclic) bond motifs is 1. The van der Waals surface area contributed by atoms with Gasteiger partial charge in [0.05, 0.1) is 14.2 Å². The molecule has 0 fully saturated rings. The van der Waals surface area contributed by atoms with Gasteiger partial charge in [0.15, 0.2) is 11.0 Å². The number of rotatable bonds is 8. The fraction of sp³-hybridized carbons (Fsp3) is 0.381. The first-order chi connectivity index (χ1) is 12.6. The molecule has 2 aromatic carbocycles. The van der Waals surface area contributed by atoms with E-state index in [1.807, 2.05) is 36.4 Å². The van der Waals surface area contributed by atoms with E-state index in [4.69, 9.17) is 9.47 Å². The molecule has 26 heavy (non-hydrogen) atoms. The summed E-state index contributed by atoms with van der Waals surface area (Å²) in [5, 5.41) is 10.6. The van der Waals surface area contributed by atoms with Crippen LogP contribution in [0, 0.1) is 0 Å². The summed E-state index contributed by atoms with van der Waals surface area (Å²) in [5.41, 5.74) is 2.32. The monoisotopic (exact) mass is 355 g/mol. The Morgan fingerprint density at radius 2 is 1.88 bits per heavy atom. The first kappa shape index (κ1) is 18.3. The second kappa shape index (κ2) is 8.23. The van der Waals surface area contributed by atoms with Crippen LogP contribution in [0.15, 0.2) is 48.5 Å². The smallest absolute Gasteiger partial charge is 0.257 e. The molecule has 138 valence electrons. The van der Waals surface area contributed by atoms with Crippen molar-refractivity contribution in [3.05, 3.63) is 54.4 Å². The van der Waals surface area contributed by atoms with Crippen molar-refractivity contribution in [2.24, 2.45) is 7.05 Å². The van der Waals surface area contributed by atoms with Gasteiger partial charge < -0.3 is 14.6 Å². The Bertz CT molecular complexity index is 873. The Morgan fingerprint density at radius 1 is 1.12 bits per heavy atom. The van der Waals surface area contributed by atoms with Crippen LogP contribution >= 0.6 is 0 Å². The number of ether oxygens (including phenoxy) is 2. The maximum Gasteiger partial charge on any atom is 0.257 e. The van der Waals surface area contributed by atoms with Crippen LogP contribution in [-0.2, 0) is 20.0 Å². The molecule has 0 spiro atoms. The van der Waals surface area contributed by atoms with Crippen molar-refractivity contribution in [2.45, 2.75) is 32.4 Å². The SMILES string of the molecule is CCCc1n(CC(O)COc2cccc(OC)c2)c2ccccc2[n+]1C. The van der Waals surface area contributed by atoms with Gasteiger partial charge in [-0.2, -0.15) is 0 Å². The lowest BCUT2D eigenvalue weighted by Crippen LogP contribution is -2.34. The highest BCUT2D eigenvalue weighted by Crippen LogP contribution is 2.20. The van der Waals surface area contributed by atoms with Crippen LogP contribution in [-0.4, -0.2) is 29.5 Å². The molecule has 1 aromatic heterocycles. The summed E-state index contributed by atoms with van der Waals surface area (Å²) in [7, 11) is 3.71. The molecule has 0 aliphatic rings. The number of aliphatic hydroxyl groups is 1.